The smallest absolute Gasteiger partial charge is 0.235 e. The molecule has 198 valence electrons. The molecule has 4 aliphatic rings. The largest absolute Gasteiger partial charge is 0.507 e. The molecule has 3 fully saturated rings. The quantitative estimate of drug-likeness (QED) is 0.468. The van der Waals surface area contributed by atoms with E-state index in [-0.39, 0.29) is 24.2 Å². The van der Waals surface area contributed by atoms with Crippen LogP contribution < -0.4 is 5.73 Å². The van der Waals surface area contributed by atoms with Crippen LogP contribution in [0, 0.1) is 23.7 Å². The molecule has 1 aromatic rings. The van der Waals surface area contributed by atoms with Crippen molar-refractivity contribution in [2.24, 2.45) is 29.4 Å². The minimum absolute atomic E-state index is 0.0557. The number of aliphatic hydroxyl groups is 1. The van der Waals surface area contributed by atoms with E-state index in [4.69, 9.17) is 5.73 Å². The third-order valence-corrected chi connectivity index (χ3v) is 8.86. The molecule has 0 aromatic heterocycles. The second-order valence-electron chi connectivity index (χ2n) is 11.2. The van der Waals surface area contributed by atoms with Crippen LogP contribution in [0.15, 0.2) is 12.1 Å². The SMILES string of the molecule is CN(C)C1C(=O)C(C(N)=O)C(=O)C2(O)C(=O)C3C(=O)c4c(ccc(CN5CCCCC5)c4O)CC3CC12. The fourth-order valence-electron chi connectivity index (χ4n) is 7.11. The average Bonchev–Trinajstić information content (AvgIpc) is 2.83. The number of ketones is 4. The molecule has 1 aliphatic heterocycles. The first-order valence-corrected chi connectivity index (χ1v) is 12.9. The van der Waals surface area contributed by atoms with Crippen molar-refractivity contribution < 1.29 is 34.2 Å². The van der Waals surface area contributed by atoms with E-state index in [9.17, 15) is 34.2 Å². The van der Waals surface area contributed by atoms with E-state index >= 15 is 0 Å². The molecule has 1 aromatic carbocycles. The maximum Gasteiger partial charge on any atom is 0.235 e. The number of Topliss-reactive ketones (excluding diaryl/α,β-unsaturated/α-hetero) is 4. The number of rotatable bonds is 4. The maximum atomic E-state index is 13.8. The molecule has 1 saturated heterocycles. The van der Waals surface area contributed by atoms with Crippen LogP contribution in [0.3, 0.4) is 0 Å². The number of hydrogen-bond acceptors (Lipinski definition) is 9. The number of carbonyl (C=O) groups excluding carboxylic acids is 5. The van der Waals surface area contributed by atoms with Gasteiger partial charge in [0.2, 0.25) is 5.91 Å². The van der Waals surface area contributed by atoms with Crippen LogP contribution in [-0.4, -0.2) is 87.9 Å². The molecule has 6 atom stereocenters. The zero-order chi connectivity index (χ0) is 26.8. The Hall–Kier alpha value is -2.95. The molecule has 6 unspecified atom stereocenters. The number of likely N-dealkylation sites (tertiary alicyclic amines) is 1. The number of nitrogens with zero attached hydrogens (tertiary/aromatic N) is 2. The molecule has 1 heterocycles. The number of phenols is 1. The maximum absolute atomic E-state index is 13.8. The molecule has 2 saturated carbocycles. The number of nitrogens with two attached hydrogens (primary N) is 1. The zero-order valence-corrected chi connectivity index (χ0v) is 21.1. The first-order valence-electron chi connectivity index (χ1n) is 12.9. The summed E-state index contributed by atoms with van der Waals surface area (Å²) < 4.78 is 0. The predicted octanol–water partition coefficient (Wildman–Crippen LogP) is -0.147. The summed E-state index contributed by atoms with van der Waals surface area (Å²) in [6.45, 7) is 2.28. The van der Waals surface area contributed by atoms with Crippen molar-refractivity contribution in [1.82, 2.24) is 9.80 Å². The van der Waals surface area contributed by atoms with Gasteiger partial charge in [-0.2, -0.15) is 0 Å². The topological polar surface area (TPSA) is 158 Å². The zero-order valence-electron chi connectivity index (χ0n) is 21.1. The van der Waals surface area contributed by atoms with E-state index < -0.39 is 64.4 Å². The second kappa shape index (κ2) is 9.11. The van der Waals surface area contributed by atoms with Gasteiger partial charge in [0.25, 0.3) is 0 Å². The number of fused-ring (bicyclic) bond motifs is 3. The third-order valence-electron chi connectivity index (χ3n) is 8.86. The lowest BCUT2D eigenvalue weighted by atomic mass is 9.52. The van der Waals surface area contributed by atoms with Gasteiger partial charge in [0.05, 0.1) is 17.5 Å². The summed E-state index contributed by atoms with van der Waals surface area (Å²) in [4.78, 5) is 69.8. The number of aromatic hydroxyl groups is 1. The molecule has 10 heteroatoms. The van der Waals surface area contributed by atoms with Crippen molar-refractivity contribution in [2.75, 3.05) is 27.2 Å². The van der Waals surface area contributed by atoms with Crippen molar-refractivity contribution in [3.8, 4) is 5.75 Å². The van der Waals surface area contributed by atoms with Crippen molar-refractivity contribution in [3.63, 3.8) is 0 Å². The number of piperidine rings is 1. The molecular formula is C27H33N3O7. The van der Waals surface area contributed by atoms with Gasteiger partial charge in [-0.3, -0.25) is 33.8 Å². The molecule has 0 bridgehead atoms. The molecule has 5 rings (SSSR count). The summed E-state index contributed by atoms with van der Waals surface area (Å²) in [5.41, 5.74) is 3.90. The number of primary amides is 1. The molecule has 4 N–H and O–H groups in total. The van der Waals surface area contributed by atoms with Crippen LogP contribution in [-0.2, 0) is 32.1 Å². The van der Waals surface area contributed by atoms with Gasteiger partial charge < -0.3 is 15.9 Å². The van der Waals surface area contributed by atoms with Crippen molar-refractivity contribution in [3.05, 3.63) is 28.8 Å². The van der Waals surface area contributed by atoms with Crippen molar-refractivity contribution >= 4 is 29.0 Å². The number of hydrogen-bond donors (Lipinski definition) is 3. The minimum atomic E-state index is -2.70. The third kappa shape index (κ3) is 3.76. The van der Waals surface area contributed by atoms with Gasteiger partial charge in [-0.05, 0) is 64.3 Å². The fourth-order valence-corrected chi connectivity index (χ4v) is 7.11. The molecular weight excluding hydrogens is 478 g/mol. The highest BCUT2D eigenvalue weighted by atomic mass is 16.3. The van der Waals surface area contributed by atoms with Crippen LogP contribution >= 0.6 is 0 Å². The lowest BCUT2D eigenvalue weighted by molar-refractivity contribution is -0.181. The van der Waals surface area contributed by atoms with Crippen LogP contribution in [0.2, 0.25) is 0 Å². The van der Waals surface area contributed by atoms with Gasteiger partial charge in [-0.15, -0.1) is 0 Å². The van der Waals surface area contributed by atoms with Crippen molar-refractivity contribution in [2.45, 2.75) is 50.3 Å². The fraction of sp³-hybridized carbons (Fsp3) is 0.593. The molecule has 10 nitrogen and oxygen atoms in total. The Morgan fingerprint density at radius 2 is 1.78 bits per heavy atom. The second-order valence-corrected chi connectivity index (χ2v) is 11.2. The number of amides is 1. The van der Waals surface area contributed by atoms with Crippen LogP contribution in [0.1, 0.15) is 47.2 Å². The highest BCUT2D eigenvalue weighted by Gasteiger charge is 2.69. The highest BCUT2D eigenvalue weighted by Crippen LogP contribution is 2.50. The van der Waals surface area contributed by atoms with Crippen LogP contribution in [0.5, 0.6) is 5.75 Å². The summed E-state index contributed by atoms with van der Waals surface area (Å²) in [5, 5.41) is 22.7. The first-order chi connectivity index (χ1) is 17.5. The summed E-state index contributed by atoms with van der Waals surface area (Å²) in [7, 11) is 3.13. The Morgan fingerprint density at radius 1 is 1.11 bits per heavy atom. The van der Waals surface area contributed by atoms with Crippen LogP contribution in [0.25, 0.3) is 0 Å². The Bertz CT molecular complexity index is 1200. The normalized spacial score (nSPS) is 34.2. The Kier molecular flexibility index (Phi) is 6.32. The lowest BCUT2D eigenvalue weighted by Gasteiger charge is -2.52. The van der Waals surface area contributed by atoms with Crippen LogP contribution in [0.4, 0.5) is 0 Å². The van der Waals surface area contributed by atoms with E-state index in [0.717, 1.165) is 32.4 Å². The Morgan fingerprint density at radius 3 is 2.41 bits per heavy atom. The molecule has 1 amide bonds. The van der Waals surface area contributed by atoms with E-state index in [0.29, 0.717) is 17.7 Å². The molecule has 3 aliphatic carbocycles. The molecule has 0 radical (unpaired) electrons. The summed E-state index contributed by atoms with van der Waals surface area (Å²) in [6.07, 6.45) is 3.64. The van der Waals surface area contributed by atoms with E-state index in [2.05, 4.69) is 4.90 Å². The Balaban J connectivity index is 1.54. The number of phenolic OH excluding ortho intramolecular Hbond substituents is 1. The number of likely N-dealkylation sites (N-methyl/N-ethyl adjacent to an activating group) is 1. The van der Waals surface area contributed by atoms with Gasteiger partial charge in [0.15, 0.2) is 34.7 Å². The Labute approximate surface area is 214 Å². The summed E-state index contributed by atoms with van der Waals surface area (Å²) >= 11 is 0. The average molecular weight is 512 g/mol. The van der Waals surface area contributed by atoms with Gasteiger partial charge >= 0.3 is 0 Å². The van der Waals surface area contributed by atoms with Crippen molar-refractivity contribution in [1.29, 1.82) is 0 Å². The predicted molar refractivity (Wildman–Crippen MR) is 130 cm³/mol. The van der Waals surface area contributed by atoms with E-state index in [1.54, 1.807) is 20.2 Å². The number of benzene rings is 1. The van der Waals surface area contributed by atoms with Gasteiger partial charge in [0, 0.05) is 18.0 Å². The minimum Gasteiger partial charge on any atom is -0.507 e. The van der Waals surface area contributed by atoms with Gasteiger partial charge in [0.1, 0.15) is 5.75 Å². The standard InChI is InChI=1S/C27H33N3O7/c1-29(2)20-16-11-15-10-13-6-7-14(12-30-8-4-3-5-9-30)21(31)17(13)22(32)18(15)24(34)27(16,37)25(35)19(23(20)33)26(28)36/h6-7,15-16,18-20,31,37H,3-5,8-12H2,1-2H3,(H2,28,36). The summed E-state index contributed by atoms with van der Waals surface area (Å²) in [5.74, 6) is -10.0. The molecule has 37 heavy (non-hydrogen) atoms. The first kappa shape index (κ1) is 25.7. The van der Waals surface area contributed by atoms with E-state index in [1.807, 2.05) is 6.07 Å². The van der Waals surface area contributed by atoms with E-state index in [1.165, 1.54) is 4.90 Å². The lowest BCUT2D eigenvalue weighted by Crippen LogP contribution is -2.74. The highest BCUT2D eigenvalue weighted by molar-refractivity contribution is 6.32. The summed E-state index contributed by atoms with van der Waals surface area (Å²) in [6, 6.07) is 2.52. The molecule has 0 spiro atoms. The number of carbonyl (C=O) groups is 5. The monoisotopic (exact) mass is 511 g/mol. The van der Waals surface area contributed by atoms with Gasteiger partial charge in [-0.1, -0.05) is 18.6 Å². The van der Waals surface area contributed by atoms with Gasteiger partial charge in [-0.25, -0.2) is 0 Å².